The molecule has 1 atom stereocenters. The zero-order chi connectivity index (χ0) is 25.1. The van der Waals surface area contributed by atoms with Crippen LogP contribution in [0.4, 0.5) is 0 Å². The largest absolute Gasteiger partial charge is 0.297 e. The van der Waals surface area contributed by atoms with Crippen molar-refractivity contribution >= 4 is 32.1 Å². The number of aromatic nitrogens is 5. The predicted octanol–water partition coefficient (Wildman–Crippen LogP) is 4.88. The number of hydrogen-bond acceptors (Lipinski definition) is 6. The van der Waals surface area contributed by atoms with E-state index in [1.165, 1.54) is 9.54 Å². The van der Waals surface area contributed by atoms with Gasteiger partial charge in [0.15, 0.2) is 5.65 Å². The Balaban J connectivity index is 0.00000130. The van der Waals surface area contributed by atoms with Crippen LogP contribution in [0.1, 0.15) is 38.3 Å². The molecule has 1 aliphatic rings. The maximum absolute atomic E-state index is 13.3. The molecule has 2 aromatic carbocycles. The van der Waals surface area contributed by atoms with Gasteiger partial charge < -0.3 is 0 Å². The molecule has 5 aromatic rings. The topological polar surface area (TPSA) is 85.9 Å². The van der Waals surface area contributed by atoms with Gasteiger partial charge in [0, 0.05) is 24.7 Å². The van der Waals surface area contributed by atoms with Crippen molar-refractivity contribution in [1.82, 2.24) is 28.9 Å². The van der Waals surface area contributed by atoms with Crippen molar-refractivity contribution in [1.29, 1.82) is 0 Å². The van der Waals surface area contributed by atoms with Gasteiger partial charge >= 0.3 is 0 Å². The van der Waals surface area contributed by atoms with Crippen LogP contribution in [0.2, 0.25) is 0 Å². The second kappa shape index (κ2) is 10.2. The van der Waals surface area contributed by atoms with Gasteiger partial charge in [-0.15, -0.1) is 5.10 Å². The molecule has 1 aliphatic heterocycles. The van der Waals surface area contributed by atoms with E-state index in [-0.39, 0.29) is 10.9 Å². The van der Waals surface area contributed by atoms with Gasteiger partial charge in [-0.05, 0) is 43.1 Å². The van der Waals surface area contributed by atoms with E-state index >= 15 is 0 Å². The van der Waals surface area contributed by atoms with Gasteiger partial charge in [-0.25, -0.2) is 22.1 Å². The smallest absolute Gasteiger partial charge is 0.269 e. The first kappa shape index (κ1) is 24.1. The number of hydrogen-bond donors (Lipinski definition) is 0. The van der Waals surface area contributed by atoms with Crippen LogP contribution in [0, 0.1) is 0 Å². The number of benzene rings is 2. The number of pyridine rings is 1. The summed E-state index contributed by atoms with van der Waals surface area (Å²) in [4.78, 5) is 7.12. The summed E-state index contributed by atoms with van der Waals surface area (Å²) in [5.41, 5.74) is 3.18. The van der Waals surface area contributed by atoms with E-state index in [0.717, 1.165) is 43.4 Å². The molecule has 0 unspecified atom stereocenters. The number of fused-ring (bicyclic) bond motifs is 3. The molecule has 0 saturated carbocycles. The SMILES string of the molecule is CC.O=S(=O)(c1ccccc1)n1ccc2c1ncc1nnn([C@@H]3CCCN(Cc4ccccc4)C3)c12. The minimum atomic E-state index is -3.76. The summed E-state index contributed by atoms with van der Waals surface area (Å²) in [6, 6.07) is 20.8. The summed E-state index contributed by atoms with van der Waals surface area (Å²) < 4.78 is 29.7. The number of rotatable bonds is 5. The fourth-order valence-electron chi connectivity index (χ4n) is 4.87. The van der Waals surface area contributed by atoms with E-state index in [0.29, 0.717) is 11.2 Å². The summed E-state index contributed by atoms with van der Waals surface area (Å²) in [5.74, 6) is 0. The fraction of sp³-hybridized carbons (Fsp3) is 0.296. The van der Waals surface area contributed by atoms with Crippen molar-refractivity contribution in [3.05, 3.63) is 84.7 Å². The lowest BCUT2D eigenvalue weighted by atomic mass is 10.0. The Hall–Kier alpha value is -3.56. The molecule has 0 amide bonds. The second-order valence-electron chi connectivity index (χ2n) is 8.71. The Labute approximate surface area is 211 Å². The summed E-state index contributed by atoms with van der Waals surface area (Å²) in [6.45, 7) is 6.80. The zero-order valence-corrected chi connectivity index (χ0v) is 21.3. The molecule has 0 spiro atoms. The predicted molar refractivity (Wildman–Crippen MR) is 141 cm³/mol. The van der Waals surface area contributed by atoms with Crippen LogP contribution in [-0.2, 0) is 16.6 Å². The van der Waals surface area contributed by atoms with Crippen molar-refractivity contribution in [2.75, 3.05) is 13.1 Å². The Bertz CT molecular complexity index is 1560. The molecule has 0 radical (unpaired) electrons. The van der Waals surface area contributed by atoms with E-state index in [1.54, 1.807) is 48.8 Å². The number of nitrogens with zero attached hydrogens (tertiary/aromatic N) is 6. The highest BCUT2D eigenvalue weighted by molar-refractivity contribution is 7.90. The molecule has 1 saturated heterocycles. The third kappa shape index (κ3) is 4.40. The lowest BCUT2D eigenvalue weighted by Gasteiger charge is -2.32. The van der Waals surface area contributed by atoms with Crippen LogP contribution in [0.3, 0.4) is 0 Å². The van der Waals surface area contributed by atoms with Crippen molar-refractivity contribution in [2.45, 2.75) is 44.2 Å². The van der Waals surface area contributed by atoms with E-state index in [4.69, 9.17) is 0 Å². The Morgan fingerprint density at radius 3 is 2.44 bits per heavy atom. The van der Waals surface area contributed by atoms with Crippen LogP contribution in [0.25, 0.3) is 22.1 Å². The molecule has 0 N–H and O–H groups in total. The van der Waals surface area contributed by atoms with Crippen LogP contribution < -0.4 is 0 Å². The lowest BCUT2D eigenvalue weighted by Crippen LogP contribution is -2.36. The molecule has 186 valence electrons. The normalized spacial score (nSPS) is 16.7. The minimum absolute atomic E-state index is 0.155. The molecule has 9 heteroatoms. The van der Waals surface area contributed by atoms with Gasteiger partial charge in [0.05, 0.1) is 17.1 Å². The zero-order valence-electron chi connectivity index (χ0n) is 20.5. The molecule has 6 rings (SSSR count). The fourth-order valence-corrected chi connectivity index (χ4v) is 6.19. The first-order valence-corrected chi connectivity index (χ1v) is 13.8. The van der Waals surface area contributed by atoms with E-state index in [2.05, 4.69) is 44.5 Å². The molecule has 1 fully saturated rings. The van der Waals surface area contributed by atoms with Gasteiger partial charge in [0.2, 0.25) is 0 Å². The molecule has 3 aromatic heterocycles. The van der Waals surface area contributed by atoms with Crippen LogP contribution in [0.5, 0.6) is 0 Å². The van der Waals surface area contributed by atoms with E-state index < -0.39 is 10.0 Å². The van der Waals surface area contributed by atoms with Gasteiger partial charge in [-0.2, -0.15) is 0 Å². The molecular weight excluding hydrogens is 472 g/mol. The average molecular weight is 503 g/mol. The molecule has 4 heterocycles. The van der Waals surface area contributed by atoms with E-state index in [9.17, 15) is 8.42 Å². The van der Waals surface area contributed by atoms with Crippen molar-refractivity contribution in [3.8, 4) is 0 Å². The standard InChI is InChI=1S/C25H24N6O2S.C2H6/c32-34(33,21-11-5-2-6-12-21)30-15-13-22-24-23(16-26-25(22)30)27-28-31(24)20-10-7-14-29(18-20)17-19-8-3-1-4-9-19;1-2/h1-6,8-9,11-13,15-16,20H,7,10,14,17-18H2;1-2H3/t20-;/m1./s1. The van der Waals surface area contributed by atoms with Crippen molar-refractivity contribution in [2.24, 2.45) is 0 Å². The third-order valence-electron chi connectivity index (χ3n) is 6.49. The van der Waals surface area contributed by atoms with Gasteiger partial charge in [-0.1, -0.05) is 67.6 Å². The van der Waals surface area contributed by atoms with Gasteiger partial charge in [0.1, 0.15) is 11.0 Å². The molecule has 8 nitrogen and oxygen atoms in total. The highest BCUT2D eigenvalue weighted by atomic mass is 32.2. The summed E-state index contributed by atoms with van der Waals surface area (Å²) in [7, 11) is -3.76. The number of likely N-dealkylation sites (tertiary alicyclic amines) is 1. The number of piperidine rings is 1. The molecule has 0 aliphatic carbocycles. The first-order chi connectivity index (χ1) is 17.6. The van der Waals surface area contributed by atoms with Crippen LogP contribution in [-0.4, -0.2) is 50.4 Å². The monoisotopic (exact) mass is 502 g/mol. The Morgan fingerprint density at radius 2 is 1.69 bits per heavy atom. The lowest BCUT2D eigenvalue weighted by molar-refractivity contribution is 0.164. The van der Waals surface area contributed by atoms with Gasteiger partial charge in [0.25, 0.3) is 10.0 Å². The van der Waals surface area contributed by atoms with Gasteiger partial charge in [-0.3, -0.25) is 4.90 Å². The maximum atomic E-state index is 13.3. The second-order valence-corrected chi connectivity index (χ2v) is 10.5. The van der Waals surface area contributed by atoms with Crippen LogP contribution in [0.15, 0.2) is 84.0 Å². The quantitative estimate of drug-likeness (QED) is 0.340. The van der Waals surface area contributed by atoms with Crippen molar-refractivity contribution in [3.63, 3.8) is 0 Å². The molecule has 36 heavy (non-hydrogen) atoms. The maximum Gasteiger partial charge on any atom is 0.269 e. The van der Waals surface area contributed by atoms with Crippen LogP contribution >= 0.6 is 0 Å². The summed E-state index contributed by atoms with van der Waals surface area (Å²) in [6.07, 6.45) is 5.25. The van der Waals surface area contributed by atoms with E-state index in [1.807, 2.05) is 24.6 Å². The first-order valence-electron chi connectivity index (χ1n) is 12.4. The molecular formula is C27H30N6O2S. The third-order valence-corrected chi connectivity index (χ3v) is 8.17. The highest BCUT2D eigenvalue weighted by Gasteiger charge is 2.26. The summed E-state index contributed by atoms with van der Waals surface area (Å²) >= 11 is 0. The van der Waals surface area contributed by atoms with Crippen molar-refractivity contribution < 1.29 is 8.42 Å². The summed E-state index contributed by atoms with van der Waals surface area (Å²) in [5, 5.41) is 9.58. The Kier molecular flexibility index (Phi) is 6.84. The highest BCUT2D eigenvalue weighted by Crippen LogP contribution is 2.30. The minimum Gasteiger partial charge on any atom is -0.297 e. The molecule has 0 bridgehead atoms. The average Bonchev–Trinajstić information content (AvgIpc) is 3.56. The Morgan fingerprint density at radius 1 is 0.972 bits per heavy atom.